The molecule has 1 heterocycles. The molecule has 2 N–H and O–H groups in total. The summed E-state index contributed by atoms with van der Waals surface area (Å²) in [5.74, 6) is 0. The fraction of sp³-hybridized carbons (Fsp3) is 0.857. The minimum Gasteiger partial charge on any atom is -0.412 e. The maximum atomic E-state index is 9.43. The third kappa shape index (κ3) is 12.1. The van der Waals surface area contributed by atoms with Crippen LogP contribution in [0, 0.1) is 0 Å². The van der Waals surface area contributed by atoms with Crippen LogP contribution in [0.2, 0.25) is 0 Å². The van der Waals surface area contributed by atoms with Crippen LogP contribution in [0.1, 0.15) is 0 Å². The van der Waals surface area contributed by atoms with E-state index < -0.39 is 0 Å². The van der Waals surface area contributed by atoms with Crippen molar-refractivity contribution in [1.82, 2.24) is 4.90 Å². The molecule has 0 atom stereocenters. The van der Waals surface area contributed by atoms with Gasteiger partial charge in [-0.15, -0.1) is 0 Å². The highest BCUT2D eigenvalue weighted by molar-refractivity contribution is 5.45. The molecule has 5 nitrogen and oxygen atoms in total. The van der Waals surface area contributed by atoms with Crippen molar-refractivity contribution in [3.8, 4) is 0 Å². The molecule has 0 bridgehead atoms. The van der Waals surface area contributed by atoms with Crippen LogP contribution in [0.15, 0.2) is 0 Å². The smallest absolute Gasteiger partial charge is 0.209 e. The van der Waals surface area contributed by atoms with Gasteiger partial charge in [-0.05, 0) is 0 Å². The van der Waals surface area contributed by atoms with Crippen LogP contribution in [0.5, 0.6) is 0 Å². The second-order valence-electron chi connectivity index (χ2n) is 2.29. The highest BCUT2D eigenvalue weighted by Crippen LogP contribution is 1.85. The van der Waals surface area contributed by atoms with Crippen LogP contribution in [0.4, 0.5) is 0 Å². The Balaban J connectivity index is 0. The quantitative estimate of drug-likeness (QED) is 0.480. The molecule has 0 aromatic carbocycles. The lowest BCUT2D eigenvalue weighted by molar-refractivity contribution is -0.115. The zero-order chi connectivity index (χ0) is 8.53. The van der Waals surface area contributed by atoms with E-state index in [1.165, 1.54) is 4.90 Å². The summed E-state index contributed by atoms with van der Waals surface area (Å²) in [6, 6.07) is 0. The molecule has 0 radical (unpaired) electrons. The summed E-state index contributed by atoms with van der Waals surface area (Å²) in [7, 11) is 3.38. The summed E-state index contributed by atoms with van der Waals surface area (Å²) in [4.78, 5) is 10.9. The van der Waals surface area contributed by atoms with Gasteiger partial charge in [-0.25, -0.2) is 0 Å². The normalized spacial score (nSPS) is 14.8. The minimum absolute atomic E-state index is 0. The Labute approximate surface area is 72.6 Å². The second-order valence-corrected chi connectivity index (χ2v) is 2.29. The lowest BCUT2D eigenvalue weighted by Gasteiger charge is -2.09. The van der Waals surface area contributed by atoms with E-state index in [-0.39, 0.29) is 5.48 Å². The molecule has 0 saturated carbocycles. The first-order valence-corrected chi connectivity index (χ1v) is 3.54. The van der Waals surface area contributed by atoms with Gasteiger partial charge < -0.3 is 19.8 Å². The van der Waals surface area contributed by atoms with E-state index >= 15 is 0 Å². The van der Waals surface area contributed by atoms with E-state index in [4.69, 9.17) is 9.47 Å². The second kappa shape index (κ2) is 10.3. The summed E-state index contributed by atoms with van der Waals surface area (Å²) < 4.78 is 9.89. The molecule has 0 aromatic rings. The Bertz CT molecular complexity index is 81.9. The van der Waals surface area contributed by atoms with Gasteiger partial charge in [0, 0.05) is 14.1 Å². The molecular weight excluding hydrogens is 162 g/mol. The summed E-state index contributed by atoms with van der Waals surface area (Å²) in [5, 5.41) is 0. The van der Waals surface area contributed by atoms with Crippen molar-refractivity contribution in [2.75, 3.05) is 40.5 Å². The van der Waals surface area contributed by atoms with Gasteiger partial charge in [-0.2, -0.15) is 0 Å². The van der Waals surface area contributed by atoms with Crippen LogP contribution >= 0.6 is 0 Å². The van der Waals surface area contributed by atoms with E-state index in [9.17, 15) is 4.79 Å². The molecule has 0 unspecified atom stereocenters. The molecule has 5 heteroatoms. The molecular formula is C7H17NO4. The van der Waals surface area contributed by atoms with Crippen molar-refractivity contribution in [1.29, 1.82) is 0 Å². The van der Waals surface area contributed by atoms with Crippen LogP contribution in [-0.4, -0.2) is 57.3 Å². The van der Waals surface area contributed by atoms with E-state index in [0.717, 1.165) is 32.8 Å². The number of amides is 1. The first-order chi connectivity index (χ1) is 5.27. The summed E-state index contributed by atoms with van der Waals surface area (Å²) in [6.45, 7) is 3.11. The number of carbonyl (C=O) groups excluding carboxylic acids is 1. The predicted molar refractivity (Wildman–Crippen MR) is 45.0 cm³/mol. The van der Waals surface area contributed by atoms with Crippen molar-refractivity contribution in [3.63, 3.8) is 0 Å². The van der Waals surface area contributed by atoms with Gasteiger partial charge in [0.1, 0.15) is 0 Å². The molecule has 1 rings (SSSR count). The molecule has 12 heavy (non-hydrogen) atoms. The molecule has 1 aliphatic heterocycles. The first-order valence-electron chi connectivity index (χ1n) is 3.54. The van der Waals surface area contributed by atoms with Gasteiger partial charge in [-0.1, -0.05) is 0 Å². The van der Waals surface area contributed by atoms with E-state index in [1.807, 2.05) is 0 Å². The van der Waals surface area contributed by atoms with Crippen molar-refractivity contribution in [2.24, 2.45) is 0 Å². The Morgan fingerprint density at radius 3 is 1.42 bits per heavy atom. The Morgan fingerprint density at radius 2 is 1.33 bits per heavy atom. The van der Waals surface area contributed by atoms with E-state index in [0.29, 0.717) is 0 Å². The SMILES string of the molecule is C1COCCO1.CN(C)C=O.O. The highest BCUT2D eigenvalue weighted by Gasteiger charge is 1.94. The molecule has 74 valence electrons. The lowest BCUT2D eigenvalue weighted by Crippen LogP contribution is -2.16. The minimum atomic E-state index is 0. The lowest BCUT2D eigenvalue weighted by atomic mass is 10.6. The molecule has 1 amide bonds. The predicted octanol–water partition coefficient (Wildman–Crippen LogP) is -1.09. The Hall–Kier alpha value is -0.650. The molecule has 0 aromatic heterocycles. The van der Waals surface area contributed by atoms with Crippen LogP contribution in [-0.2, 0) is 14.3 Å². The Morgan fingerprint density at radius 1 is 1.08 bits per heavy atom. The monoisotopic (exact) mass is 179 g/mol. The number of rotatable bonds is 1. The van der Waals surface area contributed by atoms with E-state index in [2.05, 4.69) is 0 Å². The number of hydrogen-bond donors (Lipinski definition) is 0. The zero-order valence-corrected chi connectivity index (χ0v) is 7.58. The topological polar surface area (TPSA) is 70.3 Å². The van der Waals surface area contributed by atoms with Gasteiger partial charge in [0.25, 0.3) is 0 Å². The third-order valence-corrected chi connectivity index (χ3v) is 0.955. The summed E-state index contributed by atoms with van der Waals surface area (Å²) in [5.41, 5.74) is 0. The molecule has 1 saturated heterocycles. The van der Waals surface area contributed by atoms with Crippen molar-refractivity contribution in [2.45, 2.75) is 0 Å². The number of nitrogens with zero attached hydrogens (tertiary/aromatic N) is 1. The van der Waals surface area contributed by atoms with Crippen LogP contribution < -0.4 is 0 Å². The maximum Gasteiger partial charge on any atom is 0.209 e. The summed E-state index contributed by atoms with van der Waals surface area (Å²) in [6.07, 6.45) is 0.750. The van der Waals surface area contributed by atoms with Crippen molar-refractivity contribution >= 4 is 6.41 Å². The fourth-order valence-corrected chi connectivity index (χ4v) is 0.440. The van der Waals surface area contributed by atoms with E-state index in [1.54, 1.807) is 14.1 Å². The molecule has 0 aliphatic carbocycles. The van der Waals surface area contributed by atoms with Gasteiger partial charge in [-0.3, -0.25) is 4.79 Å². The molecule has 1 fully saturated rings. The number of carbonyl (C=O) groups is 1. The zero-order valence-electron chi connectivity index (χ0n) is 7.58. The standard InChI is InChI=1S/C4H8O2.C3H7NO.H2O/c1-2-6-4-3-5-1;1-4(2)3-5;/h1-4H2;3H,1-2H3;1H2. The van der Waals surface area contributed by atoms with Gasteiger partial charge >= 0.3 is 0 Å². The van der Waals surface area contributed by atoms with Crippen LogP contribution in [0.3, 0.4) is 0 Å². The third-order valence-electron chi connectivity index (χ3n) is 0.955. The van der Waals surface area contributed by atoms with Crippen molar-refractivity contribution in [3.05, 3.63) is 0 Å². The van der Waals surface area contributed by atoms with Gasteiger partial charge in [0.15, 0.2) is 0 Å². The van der Waals surface area contributed by atoms with Crippen LogP contribution in [0.25, 0.3) is 0 Å². The molecule has 0 spiro atoms. The summed E-state index contributed by atoms with van der Waals surface area (Å²) >= 11 is 0. The largest absolute Gasteiger partial charge is 0.412 e. The Kier molecular flexibility index (Phi) is 12.0. The van der Waals surface area contributed by atoms with Gasteiger partial charge in [0.05, 0.1) is 26.4 Å². The average molecular weight is 179 g/mol. The number of hydrogen-bond acceptors (Lipinski definition) is 3. The number of ether oxygens (including phenoxy) is 2. The van der Waals surface area contributed by atoms with Crippen molar-refractivity contribution < 1.29 is 19.7 Å². The highest BCUT2D eigenvalue weighted by atomic mass is 16.6. The maximum absolute atomic E-state index is 9.43. The van der Waals surface area contributed by atoms with Gasteiger partial charge in [0.2, 0.25) is 6.41 Å². The average Bonchev–Trinajstić information content (AvgIpc) is 2.09. The molecule has 1 aliphatic rings. The first kappa shape index (κ1) is 13.9. The fourth-order valence-electron chi connectivity index (χ4n) is 0.440.